The van der Waals surface area contributed by atoms with Crippen LogP contribution in [0.15, 0.2) is 34.9 Å². The Hall–Kier alpha value is -1.26. The quantitative estimate of drug-likeness (QED) is 0.335. The van der Waals surface area contributed by atoms with Crippen molar-refractivity contribution in [3.63, 3.8) is 0 Å². The van der Waals surface area contributed by atoms with Crippen LogP contribution in [0.25, 0.3) is 0 Å². The van der Waals surface area contributed by atoms with E-state index < -0.39 is 23.7 Å². The standard InChI is InChI=1S/C28H43FO3/c1-5-28(32,6-2)16-7-9-19(3)23-13-14-24-20(10-8-15-27(23,24)4)11-12-21-17-22(30)18-25(29)26(21)31/h11-13,19,22,24-25,30,32H,5-10,14-18H2,1-4H3. The molecule has 3 nitrogen and oxygen atoms in total. The van der Waals surface area contributed by atoms with E-state index in [1.165, 1.54) is 12.0 Å². The molecule has 0 bridgehead atoms. The molecule has 3 aliphatic rings. The molecule has 0 radical (unpaired) electrons. The summed E-state index contributed by atoms with van der Waals surface area (Å²) in [4.78, 5) is 12.2. The number of aliphatic hydroxyl groups excluding tert-OH is 1. The number of Topliss-reactive ketones (excluding diaryl/α,β-unsaturated/α-hetero) is 1. The highest BCUT2D eigenvalue weighted by Gasteiger charge is 2.46. The van der Waals surface area contributed by atoms with Gasteiger partial charge < -0.3 is 10.2 Å². The van der Waals surface area contributed by atoms with Gasteiger partial charge in [-0.1, -0.05) is 63.5 Å². The second-order valence-corrected chi connectivity index (χ2v) is 10.8. The third-order valence-corrected chi connectivity index (χ3v) is 8.77. The van der Waals surface area contributed by atoms with Gasteiger partial charge in [-0.15, -0.1) is 0 Å². The maximum Gasteiger partial charge on any atom is 0.193 e. The molecular formula is C28H43FO3. The summed E-state index contributed by atoms with van der Waals surface area (Å²) >= 11 is 0. The zero-order chi connectivity index (χ0) is 23.5. The van der Waals surface area contributed by atoms with Gasteiger partial charge in [-0.3, -0.25) is 4.79 Å². The number of alkyl halides is 1. The lowest BCUT2D eigenvalue weighted by Gasteiger charge is -2.42. The molecule has 180 valence electrons. The van der Waals surface area contributed by atoms with E-state index in [1.807, 2.05) is 0 Å². The highest BCUT2D eigenvalue weighted by molar-refractivity contribution is 5.99. The number of carbonyl (C=O) groups excluding carboxylic acids is 1. The number of rotatable bonds is 8. The van der Waals surface area contributed by atoms with E-state index in [0.29, 0.717) is 17.4 Å². The van der Waals surface area contributed by atoms with E-state index in [-0.39, 0.29) is 18.3 Å². The number of ketones is 1. The van der Waals surface area contributed by atoms with Crippen molar-refractivity contribution in [2.45, 2.75) is 116 Å². The van der Waals surface area contributed by atoms with Crippen LogP contribution in [0.1, 0.15) is 98.3 Å². The number of carbonyl (C=O) groups is 1. The average molecular weight is 447 g/mol. The van der Waals surface area contributed by atoms with Crippen LogP contribution in [-0.4, -0.2) is 33.9 Å². The van der Waals surface area contributed by atoms with Gasteiger partial charge in [-0.2, -0.15) is 0 Å². The van der Waals surface area contributed by atoms with Crippen molar-refractivity contribution in [3.8, 4) is 0 Å². The first-order chi connectivity index (χ1) is 15.1. The van der Waals surface area contributed by atoms with E-state index in [1.54, 1.807) is 11.6 Å². The monoisotopic (exact) mass is 446 g/mol. The summed E-state index contributed by atoms with van der Waals surface area (Å²) in [6.07, 6.45) is 13.1. The molecule has 0 spiro atoms. The van der Waals surface area contributed by atoms with Gasteiger partial charge in [-0.05, 0) is 68.6 Å². The zero-order valence-corrected chi connectivity index (χ0v) is 20.5. The highest BCUT2D eigenvalue weighted by atomic mass is 19.1. The molecule has 5 atom stereocenters. The van der Waals surface area contributed by atoms with Crippen LogP contribution in [-0.2, 0) is 4.79 Å². The molecule has 3 aliphatic carbocycles. The van der Waals surface area contributed by atoms with Crippen LogP contribution >= 0.6 is 0 Å². The van der Waals surface area contributed by atoms with Crippen LogP contribution in [0.5, 0.6) is 0 Å². The largest absolute Gasteiger partial charge is 0.393 e. The molecule has 0 aromatic heterocycles. The molecule has 3 rings (SSSR count). The maximum atomic E-state index is 13.9. The number of hydrogen-bond donors (Lipinski definition) is 2. The number of fused-ring (bicyclic) bond motifs is 1. The molecule has 0 aromatic rings. The predicted molar refractivity (Wildman–Crippen MR) is 128 cm³/mol. The Labute approximate surface area is 193 Å². The predicted octanol–water partition coefficient (Wildman–Crippen LogP) is 6.40. The molecular weight excluding hydrogens is 403 g/mol. The Kier molecular flexibility index (Phi) is 8.20. The first-order valence-corrected chi connectivity index (χ1v) is 12.8. The van der Waals surface area contributed by atoms with Gasteiger partial charge in [0.2, 0.25) is 0 Å². The van der Waals surface area contributed by atoms with Crippen molar-refractivity contribution in [2.75, 3.05) is 0 Å². The molecule has 32 heavy (non-hydrogen) atoms. The van der Waals surface area contributed by atoms with Crippen LogP contribution in [0.3, 0.4) is 0 Å². The molecule has 4 heteroatoms. The summed E-state index contributed by atoms with van der Waals surface area (Å²) in [6, 6.07) is 0. The maximum absolute atomic E-state index is 13.9. The molecule has 5 unspecified atom stereocenters. The summed E-state index contributed by atoms with van der Waals surface area (Å²) in [7, 11) is 0. The summed E-state index contributed by atoms with van der Waals surface area (Å²) in [5, 5.41) is 20.5. The fraction of sp³-hybridized carbons (Fsp3) is 0.750. The average Bonchev–Trinajstić information content (AvgIpc) is 3.12. The van der Waals surface area contributed by atoms with Gasteiger partial charge in [0.15, 0.2) is 12.0 Å². The van der Waals surface area contributed by atoms with Crippen LogP contribution < -0.4 is 0 Å². The first kappa shape index (κ1) is 25.4. The lowest BCUT2D eigenvalue weighted by Crippen LogP contribution is -2.33. The van der Waals surface area contributed by atoms with Crippen LogP contribution in [0, 0.1) is 17.3 Å². The van der Waals surface area contributed by atoms with E-state index in [9.17, 15) is 19.4 Å². The third kappa shape index (κ3) is 5.28. The topological polar surface area (TPSA) is 57.5 Å². The van der Waals surface area contributed by atoms with E-state index >= 15 is 0 Å². The Balaban J connectivity index is 1.68. The summed E-state index contributed by atoms with van der Waals surface area (Å²) in [6.45, 7) is 8.87. The zero-order valence-electron chi connectivity index (χ0n) is 20.5. The molecule has 2 fully saturated rings. The summed E-state index contributed by atoms with van der Waals surface area (Å²) in [5.74, 6) is 0.491. The lowest BCUT2D eigenvalue weighted by atomic mass is 9.62. The van der Waals surface area contributed by atoms with Crippen molar-refractivity contribution in [3.05, 3.63) is 34.9 Å². The van der Waals surface area contributed by atoms with Gasteiger partial charge in [0.05, 0.1) is 11.7 Å². The molecule has 0 amide bonds. The van der Waals surface area contributed by atoms with Gasteiger partial charge in [-0.25, -0.2) is 4.39 Å². The second-order valence-electron chi connectivity index (χ2n) is 10.8. The molecule has 0 aliphatic heterocycles. The van der Waals surface area contributed by atoms with Crippen molar-refractivity contribution in [1.29, 1.82) is 0 Å². The number of hydrogen-bond acceptors (Lipinski definition) is 3. The van der Waals surface area contributed by atoms with Crippen molar-refractivity contribution in [2.24, 2.45) is 17.3 Å². The Morgan fingerprint density at radius 1 is 1.31 bits per heavy atom. The van der Waals surface area contributed by atoms with E-state index in [0.717, 1.165) is 51.4 Å². The minimum atomic E-state index is -1.57. The highest BCUT2D eigenvalue weighted by Crippen LogP contribution is 2.57. The lowest BCUT2D eigenvalue weighted by molar-refractivity contribution is -0.123. The fourth-order valence-electron chi connectivity index (χ4n) is 6.45. The van der Waals surface area contributed by atoms with Crippen molar-refractivity contribution >= 4 is 5.78 Å². The summed E-state index contributed by atoms with van der Waals surface area (Å²) in [5.41, 5.74) is 2.97. The van der Waals surface area contributed by atoms with Crippen molar-refractivity contribution in [1.82, 2.24) is 0 Å². The van der Waals surface area contributed by atoms with E-state index in [4.69, 9.17) is 0 Å². The van der Waals surface area contributed by atoms with Crippen LogP contribution in [0.4, 0.5) is 4.39 Å². The van der Waals surface area contributed by atoms with Gasteiger partial charge in [0.25, 0.3) is 0 Å². The minimum Gasteiger partial charge on any atom is -0.393 e. The Bertz CT molecular complexity index is 776. The summed E-state index contributed by atoms with van der Waals surface area (Å²) < 4.78 is 13.9. The van der Waals surface area contributed by atoms with Gasteiger partial charge in [0, 0.05) is 18.4 Å². The fourth-order valence-corrected chi connectivity index (χ4v) is 6.45. The number of halogens is 1. The SMILES string of the molecule is CCC(O)(CC)CCCC(C)C1=CCC2C(=CC=C3CC(O)CC(F)C3=O)CCCC12C. The molecule has 0 saturated heterocycles. The normalized spacial score (nSPS) is 34.7. The molecule has 0 aromatic carbocycles. The second kappa shape index (κ2) is 10.3. The molecule has 2 saturated carbocycles. The van der Waals surface area contributed by atoms with Gasteiger partial charge >= 0.3 is 0 Å². The first-order valence-electron chi connectivity index (χ1n) is 12.8. The van der Waals surface area contributed by atoms with E-state index in [2.05, 4.69) is 39.8 Å². The Morgan fingerprint density at radius 3 is 2.72 bits per heavy atom. The Morgan fingerprint density at radius 2 is 2.03 bits per heavy atom. The number of allylic oxidation sites excluding steroid dienone is 5. The molecule has 0 heterocycles. The van der Waals surface area contributed by atoms with Gasteiger partial charge in [0.1, 0.15) is 0 Å². The number of aliphatic hydroxyl groups is 2. The minimum absolute atomic E-state index is 0.0769. The van der Waals surface area contributed by atoms with Crippen LogP contribution in [0.2, 0.25) is 0 Å². The third-order valence-electron chi connectivity index (χ3n) is 8.77. The molecule has 2 N–H and O–H groups in total. The smallest absolute Gasteiger partial charge is 0.193 e. The van der Waals surface area contributed by atoms with Crippen molar-refractivity contribution < 1.29 is 19.4 Å².